The highest BCUT2D eigenvalue weighted by Gasteiger charge is 2.16. The van der Waals surface area contributed by atoms with Crippen LogP contribution in [-0.2, 0) is 6.54 Å². The fourth-order valence-electron chi connectivity index (χ4n) is 1.94. The number of fused-ring (bicyclic) bond motifs is 1. The van der Waals surface area contributed by atoms with Gasteiger partial charge < -0.3 is 14.8 Å². The molecule has 0 aliphatic carbocycles. The minimum atomic E-state index is 0.596. The van der Waals surface area contributed by atoms with Crippen molar-refractivity contribution in [3.8, 4) is 11.5 Å². The lowest BCUT2D eigenvalue weighted by Crippen LogP contribution is -2.16. The van der Waals surface area contributed by atoms with Crippen LogP contribution in [0, 0.1) is 0 Å². The molecule has 98 valence electrons. The summed E-state index contributed by atoms with van der Waals surface area (Å²) in [6.45, 7) is 1.90. The van der Waals surface area contributed by atoms with Crippen molar-refractivity contribution in [3.63, 3.8) is 0 Å². The SMILES string of the molecule is Brc1cc(CNc2cccnc2)cc2c1OCCO2. The Bertz CT molecular complexity index is 575. The number of hydrogen-bond donors (Lipinski definition) is 1. The molecule has 1 aliphatic rings. The highest BCUT2D eigenvalue weighted by Crippen LogP contribution is 2.38. The quantitative estimate of drug-likeness (QED) is 0.943. The second-order valence-electron chi connectivity index (χ2n) is 4.20. The van der Waals surface area contributed by atoms with E-state index in [0.29, 0.717) is 19.8 Å². The molecule has 3 rings (SSSR count). The summed E-state index contributed by atoms with van der Waals surface area (Å²) in [5, 5.41) is 3.32. The van der Waals surface area contributed by atoms with E-state index < -0.39 is 0 Å². The van der Waals surface area contributed by atoms with E-state index in [4.69, 9.17) is 9.47 Å². The molecule has 19 heavy (non-hydrogen) atoms. The summed E-state index contributed by atoms with van der Waals surface area (Å²) in [5.41, 5.74) is 2.12. The van der Waals surface area contributed by atoms with E-state index in [9.17, 15) is 0 Å². The van der Waals surface area contributed by atoms with Gasteiger partial charge in [0, 0.05) is 18.9 Å². The molecule has 0 saturated carbocycles. The van der Waals surface area contributed by atoms with E-state index in [0.717, 1.165) is 27.2 Å². The summed E-state index contributed by atoms with van der Waals surface area (Å²) in [6.07, 6.45) is 3.55. The Labute approximate surface area is 119 Å². The van der Waals surface area contributed by atoms with Crippen LogP contribution in [0.25, 0.3) is 0 Å². The van der Waals surface area contributed by atoms with Crippen LogP contribution in [0.4, 0.5) is 5.69 Å². The van der Waals surface area contributed by atoms with Crippen LogP contribution in [0.15, 0.2) is 41.1 Å². The third-order valence-corrected chi connectivity index (χ3v) is 3.40. The van der Waals surface area contributed by atoms with Gasteiger partial charge in [-0.1, -0.05) is 0 Å². The molecule has 1 N–H and O–H groups in total. The maximum atomic E-state index is 5.60. The van der Waals surface area contributed by atoms with E-state index in [-0.39, 0.29) is 0 Å². The molecule has 0 unspecified atom stereocenters. The summed E-state index contributed by atoms with van der Waals surface area (Å²) in [6, 6.07) is 7.93. The van der Waals surface area contributed by atoms with Crippen LogP contribution < -0.4 is 14.8 Å². The number of rotatable bonds is 3. The number of aromatic nitrogens is 1. The molecule has 0 spiro atoms. The van der Waals surface area contributed by atoms with Gasteiger partial charge in [-0.3, -0.25) is 4.98 Å². The molecule has 0 saturated heterocycles. The third kappa shape index (κ3) is 2.81. The number of anilines is 1. The Hall–Kier alpha value is -1.75. The Balaban J connectivity index is 1.76. The lowest BCUT2D eigenvalue weighted by molar-refractivity contribution is 0.170. The van der Waals surface area contributed by atoms with Crippen LogP contribution >= 0.6 is 15.9 Å². The first-order valence-corrected chi connectivity index (χ1v) is 6.84. The second-order valence-corrected chi connectivity index (χ2v) is 5.05. The van der Waals surface area contributed by atoms with Crippen LogP contribution in [0.3, 0.4) is 0 Å². The lowest BCUT2D eigenvalue weighted by Gasteiger charge is -2.20. The largest absolute Gasteiger partial charge is 0.486 e. The Kier molecular flexibility index (Phi) is 3.55. The molecule has 0 bridgehead atoms. The standard InChI is InChI=1S/C14H13BrN2O2/c15-12-6-10(7-13-14(12)19-5-4-18-13)8-17-11-2-1-3-16-9-11/h1-3,6-7,9,17H,4-5,8H2. The molecule has 1 aromatic heterocycles. The highest BCUT2D eigenvalue weighted by atomic mass is 79.9. The van der Waals surface area contributed by atoms with Crippen LogP contribution in [-0.4, -0.2) is 18.2 Å². The first-order chi connectivity index (χ1) is 9.33. The first kappa shape index (κ1) is 12.3. The summed E-state index contributed by atoms with van der Waals surface area (Å²) < 4.78 is 12.1. The van der Waals surface area contributed by atoms with E-state index in [2.05, 4.69) is 26.2 Å². The molecule has 0 amide bonds. The summed E-state index contributed by atoms with van der Waals surface area (Å²) in [7, 11) is 0. The average Bonchev–Trinajstić information content (AvgIpc) is 2.46. The zero-order chi connectivity index (χ0) is 13.1. The molecule has 1 aliphatic heterocycles. The third-order valence-electron chi connectivity index (χ3n) is 2.81. The van der Waals surface area contributed by atoms with E-state index in [1.54, 1.807) is 12.4 Å². The number of benzene rings is 1. The average molecular weight is 321 g/mol. The van der Waals surface area contributed by atoms with Gasteiger partial charge in [-0.15, -0.1) is 0 Å². The van der Waals surface area contributed by atoms with Crippen molar-refractivity contribution >= 4 is 21.6 Å². The smallest absolute Gasteiger partial charge is 0.175 e. The first-order valence-electron chi connectivity index (χ1n) is 6.05. The van der Waals surface area contributed by atoms with Gasteiger partial charge in [-0.2, -0.15) is 0 Å². The lowest BCUT2D eigenvalue weighted by atomic mass is 10.2. The van der Waals surface area contributed by atoms with Gasteiger partial charge in [0.05, 0.1) is 10.2 Å². The van der Waals surface area contributed by atoms with E-state index in [1.807, 2.05) is 24.3 Å². The molecule has 4 nitrogen and oxygen atoms in total. The fraction of sp³-hybridized carbons (Fsp3) is 0.214. The number of pyridine rings is 1. The van der Waals surface area contributed by atoms with Crippen molar-refractivity contribution in [1.82, 2.24) is 4.98 Å². The predicted molar refractivity (Wildman–Crippen MR) is 76.7 cm³/mol. The van der Waals surface area contributed by atoms with E-state index in [1.165, 1.54) is 0 Å². The minimum Gasteiger partial charge on any atom is -0.486 e. The minimum absolute atomic E-state index is 0.596. The van der Waals surface area contributed by atoms with Gasteiger partial charge in [-0.25, -0.2) is 0 Å². The molecule has 0 radical (unpaired) electrons. The van der Waals surface area contributed by atoms with Crippen molar-refractivity contribution in [2.75, 3.05) is 18.5 Å². The molecule has 1 aromatic carbocycles. The van der Waals surface area contributed by atoms with Crippen LogP contribution in [0.1, 0.15) is 5.56 Å². The van der Waals surface area contributed by atoms with Crippen LogP contribution in [0.5, 0.6) is 11.5 Å². The normalized spacial score (nSPS) is 13.1. The molecule has 2 aromatic rings. The number of hydrogen-bond acceptors (Lipinski definition) is 4. The molecule has 0 fully saturated rings. The van der Waals surface area contributed by atoms with E-state index >= 15 is 0 Å². The maximum Gasteiger partial charge on any atom is 0.175 e. The fourth-order valence-corrected chi connectivity index (χ4v) is 2.54. The number of halogens is 1. The summed E-state index contributed by atoms with van der Waals surface area (Å²) in [5.74, 6) is 1.58. The van der Waals surface area contributed by atoms with Crippen molar-refractivity contribution in [1.29, 1.82) is 0 Å². The Morgan fingerprint density at radius 3 is 3.00 bits per heavy atom. The number of nitrogens with one attached hydrogen (secondary N) is 1. The van der Waals surface area contributed by atoms with Gasteiger partial charge in [0.15, 0.2) is 11.5 Å². The summed E-state index contributed by atoms with van der Waals surface area (Å²) in [4.78, 5) is 4.07. The summed E-state index contributed by atoms with van der Waals surface area (Å²) >= 11 is 3.51. The van der Waals surface area contributed by atoms with Crippen molar-refractivity contribution in [2.24, 2.45) is 0 Å². The van der Waals surface area contributed by atoms with Gasteiger partial charge in [0.2, 0.25) is 0 Å². The topological polar surface area (TPSA) is 43.4 Å². The van der Waals surface area contributed by atoms with Crippen LogP contribution in [0.2, 0.25) is 0 Å². The van der Waals surface area contributed by atoms with Gasteiger partial charge in [-0.05, 0) is 45.8 Å². The Morgan fingerprint density at radius 2 is 2.16 bits per heavy atom. The Morgan fingerprint density at radius 1 is 1.26 bits per heavy atom. The van der Waals surface area contributed by atoms with Gasteiger partial charge in [0.25, 0.3) is 0 Å². The van der Waals surface area contributed by atoms with Crippen molar-refractivity contribution < 1.29 is 9.47 Å². The van der Waals surface area contributed by atoms with Gasteiger partial charge in [0.1, 0.15) is 13.2 Å². The molecule has 0 atom stereocenters. The van der Waals surface area contributed by atoms with Crippen molar-refractivity contribution in [3.05, 3.63) is 46.7 Å². The zero-order valence-corrected chi connectivity index (χ0v) is 11.8. The molecule has 2 heterocycles. The maximum absolute atomic E-state index is 5.60. The molecular weight excluding hydrogens is 308 g/mol. The van der Waals surface area contributed by atoms with Crippen molar-refractivity contribution in [2.45, 2.75) is 6.54 Å². The molecule has 5 heteroatoms. The monoisotopic (exact) mass is 320 g/mol. The second kappa shape index (κ2) is 5.48. The highest BCUT2D eigenvalue weighted by molar-refractivity contribution is 9.10. The predicted octanol–water partition coefficient (Wildman–Crippen LogP) is 3.23. The van der Waals surface area contributed by atoms with Gasteiger partial charge >= 0.3 is 0 Å². The number of nitrogens with zero attached hydrogens (tertiary/aromatic N) is 1. The number of ether oxygens (including phenoxy) is 2. The molecular formula is C14H13BrN2O2. The zero-order valence-electron chi connectivity index (χ0n) is 10.2.